The average Bonchev–Trinajstić information content (AvgIpc) is 2.06. The summed E-state index contributed by atoms with van der Waals surface area (Å²) in [6.45, 7) is 2.19. The molecule has 1 saturated carbocycles. The zero-order valence-corrected chi connectivity index (χ0v) is 8.30. The first kappa shape index (κ1) is 8.75. The van der Waals surface area contributed by atoms with Crippen LogP contribution in [-0.2, 0) is 0 Å². The first-order valence-corrected chi connectivity index (χ1v) is 4.81. The highest BCUT2D eigenvalue weighted by Gasteiger charge is 2.32. The fraction of sp³-hybridized carbons (Fsp3) is 0.556. The van der Waals surface area contributed by atoms with Crippen molar-refractivity contribution in [1.29, 1.82) is 0 Å². The van der Waals surface area contributed by atoms with Crippen LogP contribution >= 0.6 is 11.6 Å². The molecule has 1 aliphatic carbocycles. The number of hydrogen-bond acceptors (Lipinski definition) is 3. The minimum atomic E-state index is 0.192. The van der Waals surface area contributed by atoms with Crippen molar-refractivity contribution in [3.63, 3.8) is 0 Å². The molecule has 0 spiro atoms. The Labute approximate surface area is 82.5 Å². The zero-order chi connectivity index (χ0) is 9.31. The number of nitrogens with one attached hydrogen (secondary N) is 1. The van der Waals surface area contributed by atoms with Crippen LogP contribution in [0.25, 0.3) is 0 Å². The van der Waals surface area contributed by atoms with E-state index in [2.05, 4.69) is 22.2 Å². The second kappa shape index (κ2) is 3.14. The SMILES string of the molecule is CC1(Nc2ncncc2Cl)CCC1. The van der Waals surface area contributed by atoms with E-state index < -0.39 is 0 Å². The number of hydrogen-bond donors (Lipinski definition) is 1. The molecule has 0 atom stereocenters. The molecule has 2 rings (SSSR count). The quantitative estimate of drug-likeness (QED) is 0.792. The monoisotopic (exact) mass is 197 g/mol. The number of halogens is 1. The summed E-state index contributed by atoms with van der Waals surface area (Å²) in [5.74, 6) is 0.749. The van der Waals surface area contributed by atoms with Crippen molar-refractivity contribution >= 4 is 17.4 Å². The van der Waals surface area contributed by atoms with E-state index in [0.29, 0.717) is 5.02 Å². The van der Waals surface area contributed by atoms with Crippen LogP contribution in [0.1, 0.15) is 26.2 Å². The Morgan fingerprint density at radius 3 is 2.85 bits per heavy atom. The smallest absolute Gasteiger partial charge is 0.148 e. The Hall–Kier alpha value is -0.830. The normalized spacial score (nSPS) is 19.2. The molecular weight excluding hydrogens is 186 g/mol. The van der Waals surface area contributed by atoms with E-state index in [0.717, 1.165) is 5.82 Å². The van der Waals surface area contributed by atoms with Gasteiger partial charge in [0.25, 0.3) is 0 Å². The van der Waals surface area contributed by atoms with Gasteiger partial charge in [-0.05, 0) is 26.2 Å². The second-order valence-corrected chi connectivity index (χ2v) is 4.17. The lowest BCUT2D eigenvalue weighted by molar-refractivity contribution is 0.306. The second-order valence-electron chi connectivity index (χ2n) is 3.76. The predicted molar refractivity (Wildman–Crippen MR) is 52.9 cm³/mol. The number of aromatic nitrogens is 2. The summed E-state index contributed by atoms with van der Waals surface area (Å²) in [7, 11) is 0. The molecule has 1 aliphatic rings. The lowest BCUT2D eigenvalue weighted by atomic mass is 9.78. The number of rotatable bonds is 2. The van der Waals surface area contributed by atoms with Gasteiger partial charge in [-0.1, -0.05) is 11.6 Å². The van der Waals surface area contributed by atoms with E-state index in [1.165, 1.54) is 25.6 Å². The first-order chi connectivity index (χ1) is 6.20. The highest BCUT2D eigenvalue weighted by Crippen LogP contribution is 2.35. The molecule has 1 fully saturated rings. The lowest BCUT2D eigenvalue weighted by Crippen LogP contribution is -2.41. The Morgan fingerprint density at radius 2 is 2.31 bits per heavy atom. The lowest BCUT2D eigenvalue weighted by Gasteiger charge is -2.39. The summed E-state index contributed by atoms with van der Waals surface area (Å²) < 4.78 is 0. The van der Waals surface area contributed by atoms with E-state index in [1.807, 2.05) is 0 Å². The van der Waals surface area contributed by atoms with Gasteiger partial charge >= 0.3 is 0 Å². The van der Waals surface area contributed by atoms with Gasteiger partial charge < -0.3 is 5.32 Å². The summed E-state index contributed by atoms with van der Waals surface area (Å²) in [4.78, 5) is 7.93. The Morgan fingerprint density at radius 1 is 1.54 bits per heavy atom. The summed E-state index contributed by atoms with van der Waals surface area (Å²) in [6.07, 6.45) is 6.78. The van der Waals surface area contributed by atoms with Crippen molar-refractivity contribution in [2.45, 2.75) is 31.7 Å². The van der Waals surface area contributed by atoms with E-state index in [-0.39, 0.29) is 5.54 Å². The molecule has 0 radical (unpaired) electrons. The molecule has 0 aromatic carbocycles. The van der Waals surface area contributed by atoms with Gasteiger partial charge in [0, 0.05) is 5.54 Å². The molecule has 0 amide bonds. The van der Waals surface area contributed by atoms with Crippen LogP contribution in [0.5, 0.6) is 0 Å². The molecule has 70 valence electrons. The molecule has 13 heavy (non-hydrogen) atoms. The number of anilines is 1. The highest BCUT2D eigenvalue weighted by molar-refractivity contribution is 6.32. The molecular formula is C9H12ClN3. The molecule has 0 bridgehead atoms. The third-order valence-electron chi connectivity index (χ3n) is 2.54. The largest absolute Gasteiger partial charge is 0.364 e. The van der Waals surface area contributed by atoms with Gasteiger partial charge in [0.1, 0.15) is 17.2 Å². The third kappa shape index (κ3) is 1.75. The Balaban J connectivity index is 2.13. The van der Waals surface area contributed by atoms with Gasteiger partial charge in [-0.3, -0.25) is 0 Å². The highest BCUT2D eigenvalue weighted by atomic mass is 35.5. The molecule has 1 N–H and O–H groups in total. The minimum Gasteiger partial charge on any atom is -0.364 e. The van der Waals surface area contributed by atoms with Crippen molar-refractivity contribution in [3.05, 3.63) is 17.5 Å². The van der Waals surface area contributed by atoms with Crippen molar-refractivity contribution < 1.29 is 0 Å². The summed E-state index contributed by atoms with van der Waals surface area (Å²) in [6, 6.07) is 0. The summed E-state index contributed by atoms with van der Waals surface area (Å²) >= 11 is 5.92. The van der Waals surface area contributed by atoms with Gasteiger partial charge in [-0.25, -0.2) is 9.97 Å². The van der Waals surface area contributed by atoms with E-state index in [9.17, 15) is 0 Å². The molecule has 4 heteroatoms. The molecule has 0 saturated heterocycles. The Kier molecular flexibility index (Phi) is 2.12. The van der Waals surface area contributed by atoms with Crippen molar-refractivity contribution in [2.75, 3.05) is 5.32 Å². The molecule has 1 heterocycles. The maximum atomic E-state index is 5.92. The fourth-order valence-corrected chi connectivity index (χ4v) is 1.67. The van der Waals surface area contributed by atoms with Crippen LogP contribution in [0.3, 0.4) is 0 Å². The van der Waals surface area contributed by atoms with E-state index in [4.69, 9.17) is 11.6 Å². The fourth-order valence-electron chi connectivity index (χ4n) is 1.52. The molecule has 0 unspecified atom stereocenters. The van der Waals surface area contributed by atoms with Crippen molar-refractivity contribution in [1.82, 2.24) is 9.97 Å². The van der Waals surface area contributed by atoms with Crippen molar-refractivity contribution in [2.24, 2.45) is 0 Å². The van der Waals surface area contributed by atoms with Gasteiger partial charge in [-0.15, -0.1) is 0 Å². The van der Waals surface area contributed by atoms with Gasteiger partial charge in [-0.2, -0.15) is 0 Å². The molecule has 3 nitrogen and oxygen atoms in total. The van der Waals surface area contributed by atoms with E-state index >= 15 is 0 Å². The number of nitrogens with zero attached hydrogens (tertiary/aromatic N) is 2. The third-order valence-corrected chi connectivity index (χ3v) is 2.82. The average molecular weight is 198 g/mol. The maximum absolute atomic E-state index is 5.92. The van der Waals surface area contributed by atoms with Crippen molar-refractivity contribution in [3.8, 4) is 0 Å². The van der Waals surface area contributed by atoms with Crippen LogP contribution in [0, 0.1) is 0 Å². The van der Waals surface area contributed by atoms with Crippen LogP contribution < -0.4 is 5.32 Å². The van der Waals surface area contributed by atoms with Gasteiger partial charge in [0.15, 0.2) is 0 Å². The zero-order valence-electron chi connectivity index (χ0n) is 7.55. The minimum absolute atomic E-state index is 0.192. The summed E-state index contributed by atoms with van der Waals surface area (Å²) in [5.41, 5.74) is 0.192. The molecule has 0 aliphatic heterocycles. The van der Waals surface area contributed by atoms with Gasteiger partial charge in [0.2, 0.25) is 0 Å². The molecule has 1 aromatic heterocycles. The standard InChI is InChI=1S/C9H12ClN3/c1-9(3-2-4-9)13-8-7(10)5-11-6-12-8/h5-6H,2-4H2,1H3,(H,11,12,13). The molecule has 1 aromatic rings. The Bertz CT molecular complexity index is 309. The van der Waals surface area contributed by atoms with Crippen LogP contribution in [0.4, 0.5) is 5.82 Å². The maximum Gasteiger partial charge on any atom is 0.148 e. The predicted octanol–water partition coefficient (Wildman–Crippen LogP) is 2.48. The van der Waals surface area contributed by atoms with Crippen LogP contribution in [-0.4, -0.2) is 15.5 Å². The first-order valence-electron chi connectivity index (χ1n) is 4.43. The van der Waals surface area contributed by atoms with E-state index in [1.54, 1.807) is 6.20 Å². The van der Waals surface area contributed by atoms with Crippen LogP contribution in [0.15, 0.2) is 12.5 Å². The topological polar surface area (TPSA) is 37.8 Å². The van der Waals surface area contributed by atoms with Crippen LogP contribution in [0.2, 0.25) is 5.02 Å². The van der Waals surface area contributed by atoms with Gasteiger partial charge in [0.05, 0.1) is 6.20 Å². The summed E-state index contributed by atoms with van der Waals surface area (Å²) in [5, 5.41) is 3.93.